The van der Waals surface area contributed by atoms with E-state index in [0.717, 1.165) is 18.7 Å². The van der Waals surface area contributed by atoms with Crippen molar-refractivity contribution < 1.29 is 9.59 Å². The van der Waals surface area contributed by atoms with Gasteiger partial charge in [-0.1, -0.05) is 42.5 Å². The first-order valence-corrected chi connectivity index (χ1v) is 9.52. The maximum absolute atomic E-state index is 12.7. The number of anilines is 2. The molecule has 3 rings (SSSR count). The summed E-state index contributed by atoms with van der Waals surface area (Å²) in [6.07, 6.45) is 1.43. The van der Waals surface area contributed by atoms with Gasteiger partial charge < -0.3 is 10.2 Å². The molecule has 1 aliphatic heterocycles. The van der Waals surface area contributed by atoms with Gasteiger partial charge in [0.05, 0.1) is 17.9 Å². The van der Waals surface area contributed by atoms with Crippen LogP contribution in [0.2, 0.25) is 0 Å². The van der Waals surface area contributed by atoms with Gasteiger partial charge in [-0.2, -0.15) is 0 Å². The van der Waals surface area contributed by atoms with Crippen LogP contribution in [-0.4, -0.2) is 35.8 Å². The summed E-state index contributed by atoms with van der Waals surface area (Å²) in [5.41, 5.74) is 2.66. The average molecular weight is 365 g/mol. The molecule has 2 amide bonds. The van der Waals surface area contributed by atoms with Crippen molar-refractivity contribution in [2.75, 3.05) is 23.3 Å². The quantitative estimate of drug-likeness (QED) is 0.815. The lowest BCUT2D eigenvalue weighted by Gasteiger charge is -2.26. The van der Waals surface area contributed by atoms with Gasteiger partial charge in [-0.25, -0.2) is 0 Å². The highest BCUT2D eigenvalue weighted by Gasteiger charge is 2.24. The smallest absolute Gasteiger partial charge is 0.238 e. The third-order valence-corrected chi connectivity index (χ3v) is 4.85. The number of carbonyl (C=O) groups excluding carboxylic acids is 2. The molecule has 142 valence electrons. The molecule has 0 spiro atoms. The van der Waals surface area contributed by atoms with Crippen LogP contribution in [0.15, 0.2) is 54.6 Å². The van der Waals surface area contributed by atoms with Crippen molar-refractivity contribution in [1.82, 2.24) is 4.90 Å². The highest BCUT2D eigenvalue weighted by molar-refractivity contribution is 6.02. The fourth-order valence-corrected chi connectivity index (χ4v) is 3.33. The predicted molar refractivity (Wildman–Crippen MR) is 109 cm³/mol. The Hall–Kier alpha value is -2.66. The number of hydrogen-bond donors (Lipinski definition) is 1. The molecule has 0 radical (unpaired) electrons. The van der Waals surface area contributed by atoms with Crippen LogP contribution in [0, 0.1) is 0 Å². The number of benzene rings is 2. The molecule has 0 saturated carbocycles. The Morgan fingerprint density at radius 3 is 2.48 bits per heavy atom. The van der Waals surface area contributed by atoms with E-state index in [1.165, 1.54) is 5.56 Å². The molecule has 2 aromatic rings. The molecular weight excluding hydrogens is 338 g/mol. The van der Waals surface area contributed by atoms with Crippen LogP contribution in [0.1, 0.15) is 32.3 Å². The van der Waals surface area contributed by atoms with Crippen LogP contribution in [0.3, 0.4) is 0 Å². The van der Waals surface area contributed by atoms with Crippen molar-refractivity contribution in [3.63, 3.8) is 0 Å². The summed E-state index contributed by atoms with van der Waals surface area (Å²) >= 11 is 0. The van der Waals surface area contributed by atoms with E-state index in [9.17, 15) is 9.59 Å². The van der Waals surface area contributed by atoms with Crippen molar-refractivity contribution in [1.29, 1.82) is 0 Å². The first kappa shape index (κ1) is 19.1. The van der Waals surface area contributed by atoms with Crippen molar-refractivity contribution in [3.05, 3.63) is 60.2 Å². The van der Waals surface area contributed by atoms with Crippen LogP contribution < -0.4 is 10.2 Å². The molecule has 0 aliphatic carbocycles. The Balaban J connectivity index is 1.68. The number of hydrogen-bond acceptors (Lipinski definition) is 3. The minimum absolute atomic E-state index is 0.0706. The fourth-order valence-electron chi connectivity index (χ4n) is 3.33. The molecule has 1 aliphatic rings. The molecule has 0 bridgehead atoms. The summed E-state index contributed by atoms with van der Waals surface area (Å²) in [4.78, 5) is 28.7. The van der Waals surface area contributed by atoms with Crippen LogP contribution in [-0.2, 0) is 16.1 Å². The van der Waals surface area contributed by atoms with Crippen LogP contribution in [0.25, 0.3) is 0 Å². The van der Waals surface area contributed by atoms with Crippen LogP contribution in [0.4, 0.5) is 11.4 Å². The second-order valence-corrected chi connectivity index (χ2v) is 7.20. The summed E-state index contributed by atoms with van der Waals surface area (Å²) in [6, 6.07) is 17.9. The van der Waals surface area contributed by atoms with E-state index in [4.69, 9.17) is 0 Å². The lowest BCUT2D eigenvalue weighted by molar-refractivity contribution is -0.118. The van der Waals surface area contributed by atoms with E-state index in [0.29, 0.717) is 25.2 Å². The van der Waals surface area contributed by atoms with Gasteiger partial charge in [-0.05, 0) is 38.0 Å². The van der Waals surface area contributed by atoms with E-state index in [-0.39, 0.29) is 17.9 Å². The van der Waals surface area contributed by atoms with Gasteiger partial charge in [-0.15, -0.1) is 0 Å². The zero-order chi connectivity index (χ0) is 19.2. The zero-order valence-electron chi connectivity index (χ0n) is 16.0. The van der Waals surface area contributed by atoms with Crippen molar-refractivity contribution in [3.8, 4) is 0 Å². The van der Waals surface area contributed by atoms with E-state index in [1.54, 1.807) is 4.90 Å². The SMILES string of the molecule is CC(C)N(CC(=O)Nc1ccccc1N1CCCC1=O)Cc1ccccc1. The van der Waals surface area contributed by atoms with Crippen molar-refractivity contribution in [2.45, 2.75) is 39.3 Å². The van der Waals surface area contributed by atoms with E-state index >= 15 is 0 Å². The summed E-state index contributed by atoms with van der Waals surface area (Å²) < 4.78 is 0. The minimum Gasteiger partial charge on any atom is -0.323 e. The Morgan fingerprint density at radius 2 is 1.81 bits per heavy atom. The first-order chi connectivity index (χ1) is 13.0. The van der Waals surface area contributed by atoms with E-state index < -0.39 is 0 Å². The number of nitrogens with zero attached hydrogens (tertiary/aromatic N) is 2. The zero-order valence-corrected chi connectivity index (χ0v) is 16.0. The van der Waals surface area contributed by atoms with Gasteiger partial charge in [0.1, 0.15) is 0 Å². The Labute approximate surface area is 161 Å². The van der Waals surface area contributed by atoms with Crippen molar-refractivity contribution >= 4 is 23.2 Å². The Kier molecular flexibility index (Phi) is 6.24. The number of rotatable bonds is 7. The maximum Gasteiger partial charge on any atom is 0.238 e. The molecule has 1 saturated heterocycles. The van der Waals surface area contributed by atoms with Crippen LogP contribution in [0.5, 0.6) is 0 Å². The van der Waals surface area contributed by atoms with Gasteiger partial charge in [-0.3, -0.25) is 14.5 Å². The fraction of sp³-hybridized carbons (Fsp3) is 0.364. The number of carbonyl (C=O) groups is 2. The van der Waals surface area contributed by atoms with Gasteiger partial charge in [0, 0.05) is 25.6 Å². The van der Waals surface area contributed by atoms with Gasteiger partial charge in [0.25, 0.3) is 0 Å². The average Bonchev–Trinajstić information content (AvgIpc) is 3.08. The number of amides is 2. The van der Waals surface area contributed by atoms with Crippen molar-refractivity contribution in [2.24, 2.45) is 0 Å². The Morgan fingerprint density at radius 1 is 1.11 bits per heavy atom. The molecule has 27 heavy (non-hydrogen) atoms. The highest BCUT2D eigenvalue weighted by atomic mass is 16.2. The summed E-state index contributed by atoms with van der Waals surface area (Å²) in [6.45, 7) is 5.91. The van der Waals surface area contributed by atoms with Crippen LogP contribution >= 0.6 is 0 Å². The molecular formula is C22H27N3O2. The van der Waals surface area contributed by atoms with Gasteiger partial charge in [0.15, 0.2) is 0 Å². The molecule has 5 heteroatoms. The lowest BCUT2D eigenvalue weighted by atomic mass is 10.2. The predicted octanol–water partition coefficient (Wildman–Crippen LogP) is 3.66. The third kappa shape index (κ3) is 4.95. The second-order valence-electron chi connectivity index (χ2n) is 7.20. The second kappa shape index (κ2) is 8.82. The number of nitrogens with one attached hydrogen (secondary N) is 1. The standard InChI is InChI=1S/C22H27N3O2/c1-17(2)24(15-18-9-4-3-5-10-18)16-21(26)23-19-11-6-7-12-20(19)25-14-8-13-22(25)27/h3-7,9-12,17H,8,13-16H2,1-2H3,(H,23,26). The van der Waals surface area contributed by atoms with E-state index in [1.807, 2.05) is 42.5 Å². The van der Waals surface area contributed by atoms with Gasteiger partial charge in [0.2, 0.25) is 11.8 Å². The summed E-state index contributed by atoms with van der Waals surface area (Å²) in [7, 11) is 0. The van der Waals surface area contributed by atoms with E-state index in [2.05, 4.69) is 36.2 Å². The Bertz CT molecular complexity index is 789. The monoisotopic (exact) mass is 365 g/mol. The first-order valence-electron chi connectivity index (χ1n) is 9.52. The minimum atomic E-state index is -0.0706. The largest absolute Gasteiger partial charge is 0.323 e. The van der Waals surface area contributed by atoms with Gasteiger partial charge >= 0.3 is 0 Å². The molecule has 1 heterocycles. The number of para-hydroxylation sites is 2. The lowest BCUT2D eigenvalue weighted by Crippen LogP contribution is -2.37. The molecule has 0 aromatic heterocycles. The summed E-state index contributed by atoms with van der Waals surface area (Å²) in [5.74, 6) is 0.0447. The molecule has 0 atom stereocenters. The maximum atomic E-state index is 12.7. The molecule has 1 fully saturated rings. The molecule has 2 aromatic carbocycles. The topological polar surface area (TPSA) is 52.7 Å². The third-order valence-electron chi connectivity index (χ3n) is 4.85. The normalized spacial score (nSPS) is 14.2. The highest BCUT2D eigenvalue weighted by Crippen LogP contribution is 2.29. The molecule has 5 nitrogen and oxygen atoms in total. The molecule has 1 N–H and O–H groups in total. The molecule has 0 unspecified atom stereocenters. The summed E-state index contributed by atoms with van der Waals surface area (Å²) in [5, 5.41) is 3.00.